The first-order valence-corrected chi connectivity index (χ1v) is 4.43. The fourth-order valence-corrected chi connectivity index (χ4v) is 1.08. The second-order valence-corrected chi connectivity index (χ2v) is 3.13. The molecule has 6 N–H and O–H groups in total. The molecule has 0 spiro atoms. The molecule has 88 valence electrons. The molecule has 0 atom stereocenters. The van der Waals surface area contributed by atoms with Gasteiger partial charge in [-0.1, -0.05) is 0 Å². The molecule has 0 aliphatic heterocycles. The van der Waals surface area contributed by atoms with Gasteiger partial charge in [-0.15, -0.1) is 0 Å². The third kappa shape index (κ3) is 2.82. The van der Waals surface area contributed by atoms with Crippen LogP contribution >= 0.6 is 0 Å². The van der Waals surface area contributed by atoms with E-state index in [0.717, 1.165) is 0 Å². The lowest BCUT2D eigenvalue weighted by molar-refractivity contribution is -0.128. The normalized spacial score (nSPS) is 9.65. The number of nitrogens with zero attached hydrogens (tertiary/aromatic N) is 1. The van der Waals surface area contributed by atoms with Crippen LogP contribution in [0.25, 0.3) is 0 Å². The molecule has 0 aliphatic rings. The summed E-state index contributed by atoms with van der Waals surface area (Å²) >= 11 is 0. The summed E-state index contributed by atoms with van der Waals surface area (Å²) in [6, 6.07) is 1.48. The van der Waals surface area contributed by atoms with Crippen LogP contribution in [-0.2, 0) is 9.59 Å². The summed E-state index contributed by atoms with van der Waals surface area (Å²) in [5.74, 6) is -2.87. The van der Waals surface area contributed by atoms with Gasteiger partial charge in [0.15, 0.2) is 6.04 Å². The SMILES string of the molecule is N#Cc1c[nH]c(C(=O)NC(C(N)=O)C(N)=O)c1. The molecule has 0 fully saturated rings. The number of amides is 3. The molecule has 1 rings (SSSR count). The van der Waals surface area contributed by atoms with Crippen molar-refractivity contribution >= 4 is 17.7 Å². The van der Waals surface area contributed by atoms with E-state index in [1.807, 2.05) is 5.32 Å². The van der Waals surface area contributed by atoms with Crippen LogP contribution in [-0.4, -0.2) is 28.7 Å². The van der Waals surface area contributed by atoms with Gasteiger partial charge in [0.2, 0.25) is 11.8 Å². The van der Waals surface area contributed by atoms with Crippen molar-refractivity contribution in [3.8, 4) is 6.07 Å². The van der Waals surface area contributed by atoms with Crippen LogP contribution in [0.15, 0.2) is 12.3 Å². The number of carbonyl (C=O) groups is 3. The zero-order valence-corrected chi connectivity index (χ0v) is 8.56. The van der Waals surface area contributed by atoms with E-state index in [1.54, 1.807) is 6.07 Å². The minimum Gasteiger partial charge on any atom is -0.367 e. The van der Waals surface area contributed by atoms with Gasteiger partial charge >= 0.3 is 0 Å². The Labute approximate surface area is 95.6 Å². The number of hydrogen-bond acceptors (Lipinski definition) is 4. The second-order valence-electron chi connectivity index (χ2n) is 3.13. The molecular weight excluding hydrogens is 226 g/mol. The standard InChI is InChI=1S/C9H9N5O3/c10-2-4-1-5(13-3-4)9(17)14-6(7(11)15)8(12)16/h1,3,6,13H,(H2,11,15)(H2,12,16)(H,14,17). The lowest BCUT2D eigenvalue weighted by Gasteiger charge is -2.10. The monoisotopic (exact) mass is 235 g/mol. The molecule has 1 heterocycles. The van der Waals surface area contributed by atoms with E-state index in [-0.39, 0.29) is 11.3 Å². The number of aromatic nitrogens is 1. The van der Waals surface area contributed by atoms with Gasteiger partial charge < -0.3 is 21.8 Å². The molecule has 0 saturated carbocycles. The lowest BCUT2D eigenvalue weighted by Crippen LogP contribution is -2.52. The molecule has 0 unspecified atom stereocenters. The zero-order valence-electron chi connectivity index (χ0n) is 8.56. The van der Waals surface area contributed by atoms with E-state index in [9.17, 15) is 14.4 Å². The Morgan fingerprint density at radius 2 is 1.94 bits per heavy atom. The van der Waals surface area contributed by atoms with Gasteiger partial charge in [0.05, 0.1) is 5.56 Å². The molecule has 0 radical (unpaired) electrons. The smallest absolute Gasteiger partial charge is 0.268 e. The van der Waals surface area contributed by atoms with Crippen molar-refractivity contribution in [1.29, 1.82) is 5.26 Å². The minimum atomic E-state index is -1.59. The van der Waals surface area contributed by atoms with Crippen LogP contribution in [0.4, 0.5) is 0 Å². The van der Waals surface area contributed by atoms with Crippen molar-refractivity contribution < 1.29 is 14.4 Å². The number of aromatic amines is 1. The van der Waals surface area contributed by atoms with Gasteiger partial charge in [0, 0.05) is 6.20 Å². The molecule has 0 bridgehead atoms. The quantitative estimate of drug-likeness (QED) is 0.443. The predicted octanol–water partition coefficient (Wildman–Crippen LogP) is -2.04. The molecule has 1 aromatic rings. The van der Waals surface area contributed by atoms with Gasteiger partial charge in [-0.3, -0.25) is 14.4 Å². The molecule has 3 amide bonds. The van der Waals surface area contributed by atoms with E-state index in [0.29, 0.717) is 0 Å². The maximum Gasteiger partial charge on any atom is 0.268 e. The van der Waals surface area contributed by atoms with Crippen molar-refractivity contribution in [3.63, 3.8) is 0 Å². The van der Waals surface area contributed by atoms with Gasteiger partial charge in [0.25, 0.3) is 5.91 Å². The lowest BCUT2D eigenvalue weighted by atomic mass is 10.2. The molecule has 8 nitrogen and oxygen atoms in total. The topological polar surface area (TPSA) is 155 Å². The van der Waals surface area contributed by atoms with Crippen molar-refractivity contribution in [2.75, 3.05) is 0 Å². The average molecular weight is 235 g/mol. The van der Waals surface area contributed by atoms with Gasteiger partial charge in [0.1, 0.15) is 11.8 Å². The Morgan fingerprint density at radius 1 is 1.35 bits per heavy atom. The number of nitrogens with two attached hydrogens (primary N) is 2. The van der Waals surface area contributed by atoms with Crippen LogP contribution in [0.1, 0.15) is 16.1 Å². The summed E-state index contributed by atoms with van der Waals surface area (Å²) in [5, 5.41) is 10.6. The number of nitrogens with one attached hydrogen (secondary N) is 2. The molecule has 0 saturated heterocycles. The first-order chi connectivity index (χ1) is 7.95. The van der Waals surface area contributed by atoms with Crippen LogP contribution in [0.5, 0.6) is 0 Å². The molecule has 1 aromatic heterocycles. The van der Waals surface area contributed by atoms with E-state index in [2.05, 4.69) is 4.98 Å². The van der Waals surface area contributed by atoms with E-state index in [4.69, 9.17) is 16.7 Å². The highest BCUT2D eigenvalue weighted by Gasteiger charge is 2.24. The number of rotatable bonds is 4. The number of hydrogen-bond donors (Lipinski definition) is 4. The number of H-pyrrole nitrogens is 1. The van der Waals surface area contributed by atoms with E-state index >= 15 is 0 Å². The first kappa shape index (κ1) is 12.3. The maximum absolute atomic E-state index is 11.5. The van der Waals surface area contributed by atoms with Gasteiger partial charge in [-0.2, -0.15) is 5.26 Å². The van der Waals surface area contributed by atoms with Gasteiger partial charge in [-0.05, 0) is 6.07 Å². The largest absolute Gasteiger partial charge is 0.367 e. The van der Waals surface area contributed by atoms with E-state index < -0.39 is 23.8 Å². The Bertz CT molecular complexity index is 499. The summed E-state index contributed by atoms with van der Waals surface area (Å²) < 4.78 is 0. The molecule has 0 aromatic carbocycles. The van der Waals surface area contributed by atoms with Crippen molar-refractivity contribution in [2.45, 2.75) is 6.04 Å². The van der Waals surface area contributed by atoms with Crippen molar-refractivity contribution in [1.82, 2.24) is 10.3 Å². The molecular formula is C9H9N5O3. The number of primary amides is 2. The molecule has 8 heteroatoms. The zero-order chi connectivity index (χ0) is 13.0. The minimum absolute atomic E-state index is 0.0223. The fraction of sp³-hybridized carbons (Fsp3) is 0.111. The summed E-state index contributed by atoms with van der Waals surface area (Å²) in [6.45, 7) is 0. The summed E-state index contributed by atoms with van der Waals surface area (Å²) in [5.41, 5.74) is 10.0. The highest BCUT2D eigenvalue weighted by atomic mass is 16.2. The fourth-order valence-electron chi connectivity index (χ4n) is 1.08. The van der Waals surface area contributed by atoms with Crippen LogP contribution in [0.2, 0.25) is 0 Å². The predicted molar refractivity (Wildman–Crippen MR) is 55.2 cm³/mol. The third-order valence-corrected chi connectivity index (χ3v) is 1.90. The maximum atomic E-state index is 11.5. The van der Waals surface area contributed by atoms with Crippen LogP contribution < -0.4 is 16.8 Å². The Hall–Kier alpha value is -2.82. The summed E-state index contributed by atoms with van der Waals surface area (Å²) in [4.78, 5) is 35.7. The van der Waals surface area contributed by atoms with E-state index in [1.165, 1.54) is 12.3 Å². The van der Waals surface area contributed by atoms with Crippen molar-refractivity contribution in [3.05, 3.63) is 23.5 Å². The van der Waals surface area contributed by atoms with Crippen LogP contribution in [0, 0.1) is 11.3 Å². The molecule has 0 aliphatic carbocycles. The summed E-state index contributed by atoms with van der Waals surface area (Å²) in [6.07, 6.45) is 1.30. The van der Waals surface area contributed by atoms with Crippen molar-refractivity contribution in [2.24, 2.45) is 11.5 Å². The van der Waals surface area contributed by atoms with Gasteiger partial charge in [-0.25, -0.2) is 0 Å². The Morgan fingerprint density at radius 3 is 2.35 bits per heavy atom. The first-order valence-electron chi connectivity index (χ1n) is 4.43. The number of nitriles is 1. The molecule has 17 heavy (non-hydrogen) atoms. The third-order valence-electron chi connectivity index (χ3n) is 1.90. The Kier molecular flexibility index (Phi) is 3.46. The van der Waals surface area contributed by atoms with Crippen LogP contribution in [0.3, 0.4) is 0 Å². The summed E-state index contributed by atoms with van der Waals surface area (Å²) in [7, 11) is 0. The second kappa shape index (κ2) is 4.80. The number of carbonyl (C=O) groups excluding carboxylic acids is 3. The highest BCUT2D eigenvalue weighted by molar-refractivity contribution is 6.07. The average Bonchev–Trinajstić information content (AvgIpc) is 2.73. The Balaban J connectivity index is 2.81. The highest BCUT2D eigenvalue weighted by Crippen LogP contribution is 2.01.